The molecule has 19 heavy (non-hydrogen) atoms. The van der Waals surface area contributed by atoms with Crippen LogP contribution in [0.2, 0.25) is 0 Å². The number of ether oxygens (including phenoxy) is 2. The molecule has 1 N–H and O–H groups in total. The second-order valence-corrected chi connectivity index (χ2v) is 6.74. The molecule has 7 heteroatoms. The van der Waals surface area contributed by atoms with E-state index in [2.05, 4.69) is 20.7 Å². The predicted octanol–water partition coefficient (Wildman–Crippen LogP) is 2.16. The van der Waals surface area contributed by atoms with Crippen LogP contribution in [0.1, 0.15) is 5.56 Å². The van der Waals surface area contributed by atoms with Gasteiger partial charge < -0.3 is 9.47 Å². The first kappa shape index (κ1) is 16.4. The zero-order chi connectivity index (χ0) is 14.3. The molecule has 0 radical (unpaired) electrons. The van der Waals surface area contributed by atoms with Crippen molar-refractivity contribution in [3.8, 4) is 0 Å². The number of halogens is 1. The average molecular weight is 352 g/mol. The third-order valence-corrected chi connectivity index (χ3v) is 4.11. The molecule has 1 aromatic rings. The first-order valence-corrected chi connectivity index (χ1v) is 8.22. The van der Waals surface area contributed by atoms with Gasteiger partial charge in [-0.1, -0.05) is 15.9 Å². The third-order valence-electron chi connectivity index (χ3n) is 2.38. The fourth-order valence-electron chi connectivity index (χ4n) is 1.37. The Bertz CT molecular complexity index is 504. The topological polar surface area (TPSA) is 64.6 Å². The molecule has 0 unspecified atom stereocenters. The van der Waals surface area contributed by atoms with Gasteiger partial charge in [0.1, 0.15) is 0 Å². The summed E-state index contributed by atoms with van der Waals surface area (Å²) in [4.78, 5) is 0. The fraction of sp³-hybridized carbons (Fsp3) is 0.500. The Hall–Kier alpha value is -0.630. The van der Waals surface area contributed by atoms with Crippen molar-refractivity contribution in [3.63, 3.8) is 0 Å². The first-order valence-electron chi connectivity index (χ1n) is 5.78. The standard InChI is InChI=1S/C12H18BrNO4S/c1-10-9-11(13)3-4-12(10)14-19(15,16)8-7-18-6-5-17-2/h3-4,9,14H,5-8H2,1-2H3. The van der Waals surface area contributed by atoms with Gasteiger partial charge in [0.2, 0.25) is 10.0 Å². The van der Waals surface area contributed by atoms with E-state index in [0.29, 0.717) is 18.9 Å². The Morgan fingerprint density at radius 1 is 1.26 bits per heavy atom. The molecule has 0 aromatic heterocycles. The van der Waals surface area contributed by atoms with E-state index in [1.54, 1.807) is 19.2 Å². The molecule has 0 fully saturated rings. The summed E-state index contributed by atoms with van der Waals surface area (Å²) in [6.45, 7) is 2.84. The number of hydrogen-bond donors (Lipinski definition) is 1. The van der Waals surface area contributed by atoms with Gasteiger partial charge in [0, 0.05) is 11.6 Å². The van der Waals surface area contributed by atoms with Gasteiger partial charge in [-0.2, -0.15) is 0 Å². The molecule has 0 heterocycles. The molecule has 0 spiro atoms. The van der Waals surface area contributed by atoms with Crippen LogP contribution in [-0.4, -0.2) is 41.1 Å². The summed E-state index contributed by atoms with van der Waals surface area (Å²) in [5.41, 5.74) is 1.44. The molecule has 5 nitrogen and oxygen atoms in total. The van der Waals surface area contributed by atoms with E-state index in [4.69, 9.17) is 9.47 Å². The van der Waals surface area contributed by atoms with E-state index >= 15 is 0 Å². The van der Waals surface area contributed by atoms with Crippen LogP contribution >= 0.6 is 15.9 Å². The smallest absolute Gasteiger partial charge is 0.235 e. The fourth-order valence-corrected chi connectivity index (χ4v) is 2.85. The predicted molar refractivity (Wildman–Crippen MR) is 79.0 cm³/mol. The lowest BCUT2D eigenvalue weighted by Crippen LogP contribution is -2.21. The number of rotatable bonds is 8. The van der Waals surface area contributed by atoms with Crippen molar-refractivity contribution in [3.05, 3.63) is 28.2 Å². The zero-order valence-electron chi connectivity index (χ0n) is 11.0. The highest BCUT2D eigenvalue weighted by atomic mass is 79.9. The van der Waals surface area contributed by atoms with Crippen LogP contribution in [0.15, 0.2) is 22.7 Å². The van der Waals surface area contributed by atoms with Crippen molar-refractivity contribution in [1.82, 2.24) is 0 Å². The van der Waals surface area contributed by atoms with Crippen molar-refractivity contribution >= 4 is 31.6 Å². The highest BCUT2D eigenvalue weighted by Crippen LogP contribution is 2.20. The van der Waals surface area contributed by atoms with Crippen LogP contribution in [0.25, 0.3) is 0 Å². The van der Waals surface area contributed by atoms with Crippen molar-refractivity contribution in [2.45, 2.75) is 6.92 Å². The number of methoxy groups -OCH3 is 1. The van der Waals surface area contributed by atoms with E-state index in [1.165, 1.54) is 0 Å². The number of sulfonamides is 1. The molecule has 0 saturated carbocycles. The second-order valence-electron chi connectivity index (χ2n) is 3.99. The number of nitrogens with one attached hydrogen (secondary N) is 1. The molecule has 108 valence electrons. The largest absolute Gasteiger partial charge is 0.382 e. The second kappa shape index (κ2) is 7.84. The minimum absolute atomic E-state index is 0.0772. The van der Waals surface area contributed by atoms with Gasteiger partial charge in [0.25, 0.3) is 0 Å². The minimum atomic E-state index is -3.39. The van der Waals surface area contributed by atoms with Crippen LogP contribution in [0, 0.1) is 6.92 Å². The van der Waals surface area contributed by atoms with Crippen molar-refractivity contribution < 1.29 is 17.9 Å². The number of hydrogen-bond acceptors (Lipinski definition) is 4. The Balaban J connectivity index is 2.50. The summed E-state index contributed by atoms with van der Waals surface area (Å²) in [6, 6.07) is 5.37. The summed E-state index contributed by atoms with van der Waals surface area (Å²) in [5, 5.41) is 0. The average Bonchev–Trinajstić information content (AvgIpc) is 2.32. The lowest BCUT2D eigenvalue weighted by atomic mass is 10.2. The van der Waals surface area contributed by atoms with E-state index in [0.717, 1.165) is 10.0 Å². The highest BCUT2D eigenvalue weighted by molar-refractivity contribution is 9.10. The lowest BCUT2D eigenvalue weighted by Gasteiger charge is -2.11. The van der Waals surface area contributed by atoms with Gasteiger partial charge in [-0.3, -0.25) is 4.72 Å². The lowest BCUT2D eigenvalue weighted by molar-refractivity contribution is 0.0785. The zero-order valence-corrected chi connectivity index (χ0v) is 13.4. The molecular formula is C12H18BrNO4S. The Morgan fingerprint density at radius 3 is 2.63 bits per heavy atom. The van der Waals surface area contributed by atoms with Crippen molar-refractivity contribution in [2.24, 2.45) is 0 Å². The van der Waals surface area contributed by atoms with E-state index in [1.807, 2.05) is 13.0 Å². The molecule has 1 rings (SSSR count). The van der Waals surface area contributed by atoms with Crippen LogP contribution in [-0.2, 0) is 19.5 Å². The highest BCUT2D eigenvalue weighted by Gasteiger charge is 2.11. The molecule has 0 amide bonds. The van der Waals surface area contributed by atoms with Crippen molar-refractivity contribution in [2.75, 3.05) is 37.4 Å². The van der Waals surface area contributed by atoms with Gasteiger partial charge in [0.15, 0.2) is 0 Å². The van der Waals surface area contributed by atoms with Crippen LogP contribution in [0.5, 0.6) is 0 Å². The molecule has 0 aliphatic carbocycles. The van der Waals surface area contributed by atoms with Gasteiger partial charge in [-0.05, 0) is 30.7 Å². The van der Waals surface area contributed by atoms with Crippen LogP contribution in [0.3, 0.4) is 0 Å². The summed E-state index contributed by atoms with van der Waals surface area (Å²) < 4.78 is 37.1. The molecule has 0 bridgehead atoms. The van der Waals surface area contributed by atoms with E-state index in [-0.39, 0.29) is 12.4 Å². The van der Waals surface area contributed by atoms with E-state index in [9.17, 15) is 8.42 Å². The minimum Gasteiger partial charge on any atom is -0.382 e. The quantitative estimate of drug-likeness (QED) is 0.729. The summed E-state index contributed by atoms with van der Waals surface area (Å²) in [6.07, 6.45) is 0. The molecule has 0 aliphatic rings. The first-order chi connectivity index (χ1) is 8.94. The molecular weight excluding hydrogens is 334 g/mol. The monoisotopic (exact) mass is 351 g/mol. The van der Waals surface area contributed by atoms with Gasteiger partial charge in [-0.15, -0.1) is 0 Å². The Labute approximate surface area is 122 Å². The SMILES string of the molecule is COCCOCCS(=O)(=O)Nc1ccc(Br)cc1C. The number of benzene rings is 1. The van der Waals surface area contributed by atoms with Crippen LogP contribution in [0.4, 0.5) is 5.69 Å². The van der Waals surface area contributed by atoms with Crippen molar-refractivity contribution in [1.29, 1.82) is 0 Å². The molecule has 0 atom stereocenters. The van der Waals surface area contributed by atoms with Crippen LogP contribution < -0.4 is 4.72 Å². The summed E-state index contributed by atoms with van der Waals surface area (Å²) in [7, 11) is -1.82. The Kier molecular flexibility index (Phi) is 6.78. The summed E-state index contributed by atoms with van der Waals surface area (Å²) >= 11 is 3.33. The maximum absolute atomic E-state index is 11.8. The maximum Gasteiger partial charge on any atom is 0.235 e. The number of aryl methyl sites for hydroxylation is 1. The molecule has 0 saturated heterocycles. The molecule has 0 aliphatic heterocycles. The number of anilines is 1. The summed E-state index contributed by atoms with van der Waals surface area (Å²) in [5.74, 6) is -0.0772. The van der Waals surface area contributed by atoms with Gasteiger partial charge in [0.05, 0.1) is 31.3 Å². The van der Waals surface area contributed by atoms with Gasteiger partial charge in [-0.25, -0.2) is 8.42 Å². The maximum atomic E-state index is 11.8. The third kappa shape index (κ3) is 6.38. The van der Waals surface area contributed by atoms with E-state index < -0.39 is 10.0 Å². The molecule has 1 aromatic carbocycles. The van der Waals surface area contributed by atoms with Gasteiger partial charge >= 0.3 is 0 Å². The Morgan fingerprint density at radius 2 is 2.00 bits per heavy atom. The normalized spacial score (nSPS) is 11.5.